The Hall–Kier alpha value is -1.16. The molecule has 20 heavy (non-hydrogen) atoms. The highest BCUT2D eigenvalue weighted by Gasteiger charge is 2.23. The van der Waals surface area contributed by atoms with Crippen LogP contribution in [0.2, 0.25) is 0 Å². The molecule has 0 radical (unpaired) electrons. The molecule has 1 rings (SSSR count). The van der Waals surface area contributed by atoms with E-state index in [1.165, 1.54) is 0 Å². The van der Waals surface area contributed by atoms with E-state index in [0.29, 0.717) is 5.92 Å². The number of ether oxygens (including phenoxy) is 1. The Bertz CT molecular complexity index is 380. The van der Waals surface area contributed by atoms with Crippen LogP contribution in [0.1, 0.15) is 51.6 Å². The normalized spacial score (nSPS) is 12.9. The molecule has 114 valence electrons. The molecule has 0 saturated heterocycles. The lowest BCUT2D eigenvalue weighted by molar-refractivity contribution is -0.0509. The number of rotatable bonds is 9. The summed E-state index contributed by atoms with van der Waals surface area (Å²) in [5, 5.41) is 3.48. The Morgan fingerprint density at radius 1 is 1.10 bits per heavy atom. The highest BCUT2D eigenvalue weighted by molar-refractivity contribution is 5.36. The largest absolute Gasteiger partial charge is 0.434 e. The minimum Gasteiger partial charge on any atom is -0.434 e. The summed E-state index contributed by atoms with van der Waals surface area (Å²) in [6, 6.07) is 7.15. The van der Waals surface area contributed by atoms with Crippen molar-refractivity contribution in [1.82, 2.24) is 5.32 Å². The van der Waals surface area contributed by atoms with Crippen molar-refractivity contribution >= 4 is 0 Å². The first-order valence-corrected chi connectivity index (χ1v) is 7.41. The van der Waals surface area contributed by atoms with Gasteiger partial charge in [0.15, 0.2) is 0 Å². The zero-order chi connectivity index (χ0) is 15.0. The lowest BCUT2D eigenvalue weighted by Gasteiger charge is -2.28. The van der Waals surface area contributed by atoms with Crippen LogP contribution in [0.3, 0.4) is 0 Å². The molecule has 0 aliphatic heterocycles. The summed E-state index contributed by atoms with van der Waals surface area (Å²) in [4.78, 5) is 0. The van der Waals surface area contributed by atoms with E-state index in [1.54, 1.807) is 12.1 Å². The Kier molecular flexibility index (Phi) is 7.52. The standard InChI is InChI=1S/C16H25F2NO/c1-4-11-19-15(12(5-2)6-3)13-9-7-8-10-14(13)20-16(17)18/h7-10,12,15-16,19H,4-6,11H2,1-3H3. The van der Waals surface area contributed by atoms with Gasteiger partial charge in [0.25, 0.3) is 0 Å². The molecule has 0 aliphatic rings. The van der Waals surface area contributed by atoms with Crippen molar-refractivity contribution < 1.29 is 13.5 Å². The first kappa shape index (κ1) is 16.9. The summed E-state index contributed by atoms with van der Waals surface area (Å²) in [6.45, 7) is 4.43. The van der Waals surface area contributed by atoms with Crippen molar-refractivity contribution in [3.8, 4) is 5.75 Å². The number of alkyl halides is 2. The third-order valence-electron chi connectivity index (χ3n) is 3.60. The van der Waals surface area contributed by atoms with Crippen LogP contribution >= 0.6 is 0 Å². The lowest BCUT2D eigenvalue weighted by Crippen LogP contribution is -2.29. The fraction of sp³-hybridized carbons (Fsp3) is 0.625. The molecule has 0 spiro atoms. The van der Waals surface area contributed by atoms with Gasteiger partial charge in [-0.2, -0.15) is 8.78 Å². The van der Waals surface area contributed by atoms with Crippen molar-refractivity contribution in [3.05, 3.63) is 29.8 Å². The average molecular weight is 285 g/mol. The van der Waals surface area contributed by atoms with E-state index in [9.17, 15) is 8.78 Å². The van der Waals surface area contributed by atoms with Crippen LogP contribution in [0.15, 0.2) is 24.3 Å². The molecule has 1 aromatic rings. The maximum Gasteiger partial charge on any atom is 0.387 e. The van der Waals surface area contributed by atoms with Crippen LogP contribution in [-0.4, -0.2) is 13.2 Å². The van der Waals surface area contributed by atoms with Gasteiger partial charge in [-0.05, 0) is 24.9 Å². The maximum absolute atomic E-state index is 12.5. The summed E-state index contributed by atoms with van der Waals surface area (Å²) < 4.78 is 29.7. The predicted octanol–water partition coefficient (Wildman–Crippen LogP) is 4.76. The fourth-order valence-corrected chi connectivity index (χ4v) is 2.53. The molecule has 0 fully saturated rings. The number of hydrogen-bond acceptors (Lipinski definition) is 2. The molecule has 0 aromatic heterocycles. The third kappa shape index (κ3) is 4.75. The van der Waals surface area contributed by atoms with Crippen LogP contribution in [0.25, 0.3) is 0 Å². The van der Waals surface area contributed by atoms with Gasteiger partial charge in [0.2, 0.25) is 0 Å². The molecular weight excluding hydrogens is 260 g/mol. The van der Waals surface area contributed by atoms with Gasteiger partial charge in [-0.3, -0.25) is 0 Å². The van der Waals surface area contributed by atoms with Crippen LogP contribution in [0, 0.1) is 5.92 Å². The van der Waals surface area contributed by atoms with Gasteiger partial charge in [0.1, 0.15) is 5.75 Å². The molecule has 0 bridgehead atoms. The van der Waals surface area contributed by atoms with Crippen molar-refractivity contribution in [2.45, 2.75) is 52.7 Å². The SMILES string of the molecule is CCCNC(c1ccccc1OC(F)F)C(CC)CC. The molecule has 1 aromatic carbocycles. The Morgan fingerprint density at radius 2 is 1.75 bits per heavy atom. The second-order valence-corrected chi connectivity index (χ2v) is 4.92. The maximum atomic E-state index is 12.5. The average Bonchev–Trinajstić information content (AvgIpc) is 2.44. The number of para-hydroxylation sites is 1. The summed E-state index contributed by atoms with van der Waals surface area (Å²) in [7, 11) is 0. The molecule has 0 aliphatic carbocycles. The van der Waals surface area contributed by atoms with Gasteiger partial charge in [0.05, 0.1) is 0 Å². The van der Waals surface area contributed by atoms with Gasteiger partial charge in [-0.25, -0.2) is 0 Å². The Balaban J connectivity index is 3.05. The third-order valence-corrected chi connectivity index (χ3v) is 3.60. The fourth-order valence-electron chi connectivity index (χ4n) is 2.53. The molecule has 0 saturated carbocycles. The predicted molar refractivity (Wildman–Crippen MR) is 78.2 cm³/mol. The topological polar surface area (TPSA) is 21.3 Å². The van der Waals surface area contributed by atoms with Crippen LogP contribution in [0.4, 0.5) is 8.78 Å². The van der Waals surface area contributed by atoms with Gasteiger partial charge in [-0.15, -0.1) is 0 Å². The number of nitrogens with one attached hydrogen (secondary N) is 1. The highest BCUT2D eigenvalue weighted by Crippen LogP contribution is 2.34. The van der Waals surface area contributed by atoms with E-state index >= 15 is 0 Å². The van der Waals surface area contributed by atoms with Crippen molar-refractivity contribution in [2.24, 2.45) is 5.92 Å². The van der Waals surface area contributed by atoms with E-state index in [2.05, 4.69) is 30.8 Å². The van der Waals surface area contributed by atoms with Crippen LogP contribution in [0.5, 0.6) is 5.75 Å². The smallest absolute Gasteiger partial charge is 0.387 e. The van der Waals surface area contributed by atoms with E-state index in [4.69, 9.17) is 0 Å². The van der Waals surface area contributed by atoms with E-state index in [-0.39, 0.29) is 11.8 Å². The van der Waals surface area contributed by atoms with Crippen molar-refractivity contribution in [3.63, 3.8) is 0 Å². The van der Waals surface area contributed by atoms with Crippen molar-refractivity contribution in [2.75, 3.05) is 6.54 Å². The summed E-state index contributed by atoms with van der Waals surface area (Å²) >= 11 is 0. The van der Waals surface area contributed by atoms with E-state index < -0.39 is 6.61 Å². The molecule has 0 amide bonds. The quantitative estimate of drug-likeness (QED) is 0.706. The monoisotopic (exact) mass is 285 g/mol. The molecule has 4 heteroatoms. The van der Waals surface area contributed by atoms with Gasteiger partial charge < -0.3 is 10.1 Å². The molecule has 0 heterocycles. The lowest BCUT2D eigenvalue weighted by atomic mass is 9.88. The first-order valence-electron chi connectivity index (χ1n) is 7.41. The molecule has 1 atom stereocenters. The molecule has 2 nitrogen and oxygen atoms in total. The number of hydrogen-bond donors (Lipinski definition) is 1. The zero-order valence-electron chi connectivity index (χ0n) is 12.5. The first-order chi connectivity index (χ1) is 9.63. The summed E-state index contributed by atoms with van der Waals surface area (Å²) in [6.07, 6.45) is 3.01. The Labute approximate surface area is 120 Å². The number of benzene rings is 1. The molecule has 1 N–H and O–H groups in total. The minimum absolute atomic E-state index is 0.0555. The summed E-state index contributed by atoms with van der Waals surface area (Å²) in [5.41, 5.74) is 0.829. The Morgan fingerprint density at radius 3 is 2.30 bits per heavy atom. The van der Waals surface area contributed by atoms with E-state index in [1.807, 2.05) is 12.1 Å². The zero-order valence-corrected chi connectivity index (χ0v) is 12.5. The minimum atomic E-state index is -2.79. The second-order valence-electron chi connectivity index (χ2n) is 4.92. The van der Waals surface area contributed by atoms with E-state index in [0.717, 1.165) is 31.4 Å². The number of halogens is 2. The summed E-state index contributed by atoms with van der Waals surface area (Å²) in [5.74, 6) is 0.687. The van der Waals surface area contributed by atoms with Gasteiger partial charge >= 0.3 is 6.61 Å². The van der Waals surface area contributed by atoms with Gasteiger partial charge in [0, 0.05) is 11.6 Å². The second kappa shape index (κ2) is 8.90. The molecular formula is C16H25F2NO. The molecule has 1 unspecified atom stereocenters. The van der Waals surface area contributed by atoms with Crippen molar-refractivity contribution in [1.29, 1.82) is 0 Å². The van der Waals surface area contributed by atoms with Gasteiger partial charge in [-0.1, -0.05) is 51.8 Å². The van der Waals surface area contributed by atoms with Crippen LogP contribution in [-0.2, 0) is 0 Å². The van der Waals surface area contributed by atoms with Crippen LogP contribution < -0.4 is 10.1 Å². The highest BCUT2D eigenvalue weighted by atomic mass is 19.3.